The zero-order valence-corrected chi connectivity index (χ0v) is 14.6. The van der Waals surface area contributed by atoms with Gasteiger partial charge in [0.2, 0.25) is 0 Å². The van der Waals surface area contributed by atoms with Gasteiger partial charge in [0.15, 0.2) is 0 Å². The number of fused-ring (bicyclic) bond motifs is 1. The van der Waals surface area contributed by atoms with Crippen molar-refractivity contribution in [2.45, 2.75) is 6.67 Å². The van der Waals surface area contributed by atoms with Crippen LogP contribution in [-0.4, -0.2) is 40.6 Å². The van der Waals surface area contributed by atoms with Crippen LogP contribution in [0.2, 0.25) is 5.02 Å². The molecule has 0 radical (unpaired) electrons. The average molecular weight is 355 g/mol. The molecular formula is C19H19ClN4O. The molecule has 2 aromatic carbocycles. The number of para-hydroxylation sites is 2. The zero-order valence-electron chi connectivity index (χ0n) is 13.8. The van der Waals surface area contributed by atoms with Gasteiger partial charge >= 0.3 is 0 Å². The molecule has 128 valence electrons. The van der Waals surface area contributed by atoms with Crippen LogP contribution in [-0.2, 0) is 6.67 Å². The summed E-state index contributed by atoms with van der Waals surface area (Å²) >= 11 is 6.29. The standard InChI is InChI=1S/C19H19ClN4O/c20-16-6-2-4-8-18(16)23-11-9-22(10-12-23)14-24-13-21-17-7-3-1-5-15(17)19(24)25/h1-8,13H,9-12,14H2. The molecule has 1 aliphatic heterocycles. The Labute approximate surface area is 151 Å². The summed E-state index contributed by atoms with van der Waals surface area (Å²) in [7, 11) is 0. The van der Waals surface area contributed by atoms with E-state index < -0.39 is 0 Å². The van der Waals surface area contributed by atoms with E-state index in [0.717, 1.165) is 42.4 Å². The van der Waals surface area contributed by atoms with Crippen LogP contribution in [0.5, 0.6) is 0 Å². The number of hydrogen-bond donors (Lipinski definition) is 0. The van der Waals surface area contributed by atoms with E-state index in [9.17, 15) is 4.79 Å². The maximum atomic E-state index is 12.6. The van der Waals surface area contributed by atoms with E-state index in [0.29, 0.717) is 12.1 Å². The largest absolute Gasteiger partial charge is 0.368 e. The van der Waals surface area contributed by atoms with Crippen molar-refractivity contribution in [3.8, 4) is 0 Å². The smallest absolute Gasteiger partial charge is 0.262 e. The number of piperazine rings is 1. The Morgan fingerprint density at radius 2 is 1.68 bits per heavy atom. The third-order valence-corrected chi connectivity index (χ3v) is 4.97. The maximum Gasteiger partial charge on any atom is 0.262 e. The van der Waals surface area contributed by atoms with Gasteiger partial charge in [-0.2, -0.15) is 0 Å². The lowest BCUT2D eigenvalue weighted by molar-refractivity contribution is 0.203. The first-order valence-corrected chi connectivity index (χ1v) is 8.76. The highest BCUT2D eigenvalue weighted by Gasteiger charge is 2.19. The molecule has 1 fully saturated rings. The molecule has 3 aromatic rings. The Bertz CT molecular complexity index is 947. The fraction of sp³-hybridized carbons (Fsp3) is 0.263. The second-order valence-corrected chi connectivity index (χ2v) is 6.64. The first kappa shape index (κ1) is 16.1. The Kier molecular flexibility index (Phi) is 4.42. The zero-order chi connectivity index (χ0) is 17.2. The Morgan fingerprint density at radius 3 is 2.48 bits per heavy atom. The second kappa shape index (κ2) is 6.86. The highest BCUT2D eigenvalue weighted by molar-refractivity contribution is 6.33. The van der Waals surface area contributed by atoms with Crippen molar-refractivity contribution in [2.75, 3.05) is 31.1 Å². The predicted octanol–water partition coefficient (Wildman–Crippen LogP) is 2.83. The van der Waals surface area contributed by atoms with E-state index in [1.165, 1.54) is 0 Å². The molecule has 0 N–H and O–H groups in total. The van der Waals surface area contributed by atoms with Crippen LogP contribution in [0.15, 0.2) is 59.7 Å². The van der Waals surface area contributed by atoms with Gasteiger partial charge in [-0.25, -0.2) is 4.98 Å². The molecule has 0 saturated carbocycles. The quantitative estimate of drug-likeness (QED) is 0.725. The molecule has 0 atom stereocenters. The Balaban J connectivity index is 1.46. The van der Waals surface area contributed by atoms with Crippen LogP contribution >= 0.6 is 11.6 Å². The lowest BCUT2D eigenvalue weighted by Gasteiger charge is -2.36. The number of rotatable bonds is 3. The van der Waals surface area contributed by atoms with Gasteiger partial charge in [-0.15, -0.1) is 0 Å². The van der Waals surface area contributed by atoms with Gasteiger partial charge in [0.05, 0.1) is 34.6 Å². The molecule has 0 spiro atoms. The van der Waals surface area contributed by atoms with E-state index in [-0.39, 0.29) is 5.56 Å². The molecular weight excluding hydrogens is 336 g/mol. The molecule has 1 aliphatic rings. The van der Waals surface area contributed by atoms with E-state index in [1.54, 1.807) is 10.9 Å². The fourth-order valence-corrected chi connectivity index (χ4v) is 3.52. The van der Waals surface area contributed by atoms with Crippen molar-refractivity contribution in [3.63, 3.8) is 0 Å². The summed E-state index contributed by atoms with van der Waals surface area (Å²) < 4.78 is 1.69. The molecule has 0 bridgehead atoms. The molecule has 0 unspecified atom stereocenters. The Morgan fingerprint density at radius 1 is 0.960 bits per heavy atom. The maximum absolute atomic E-state index is 12.6. The summed E-state index contributed by atoms with van der Waals surface area (Å²) in [4.78, 5) is 21.6. The molecule has 1 aromatic heterocycles. The first-order valence-electron chi connectivity index (χ1n) is 8.38. The van der Waals surface area contributed by atoms with Crippen LogP contribution < -0.4 is 10.5 Å². The number of nitrogens with zero attached hydrogens (tertiary/aromatic N) is 4. The third-order valence-electron chi connectivity index (χ3n) is 4.65. The summed E-state index contributed by atoms with van der Waals surface area (Å²) in [6.07, 6.45) is 1.64. The number of benzene rings is 2. The summed E-state index contributed by atoms with van der Waals surface area (Å²) in [5, 5.41) is 1.45. The van der Waals surface area contributed by atoms with Crippen molar-refractivity contribution in [1.82, 2.24) is 14.5 Å². The lowest BCUT2D eigenvalue weighted by atomic mass is 10.2. The monoisotopic (exact) mass is 354 g/mol. The van der Waals surface area contributed by atoms with Crippen molar-refractivity contribution >= 4 is 28.2 Å². The van der Waals surface area contributed by atoms with Crippen molar-refractivity contribution in [1.29, 1.82) is 0 Å². The highest BCUT2D eigenvalue weighted by Crippen LogP contribution is 2.26. The summed E-state index contributed by atoms with van der Waals surface area (Å²) in [5.74, 6) is 0. The predicted molar refractivity (Wildman–Crippen MR) is 101 cm³/mol. The van der Waals surface area contributed by atoms with Crippen LogP contribution in [0.3, 0.4) is 0 Å². The van der Waals surface area contributed by atoms with Crippen molar-refractivity contribution in [3.05, 3.63) is 70.2 Å². The molecule has 25 heavy (non-hydrogen) atoms. The van der Waals surface area contributed by atoms with Gasteiger partial charge < -0.3 is 4.90 Å². The SMILES string of the molecule is O=c1c2ccccc2ncn1CN1CCN(c2ccccc2Cl)CC1. The molecule has 6 heteroatoms. The highest BCUT2D eigenvalue weighted by atomic mass is 35.5. The molecule has 0 amide bonds. The van der Waals surface area contributed by atoms with Gasteiger partial charge in [-0.05, 0) is 24.3 Å². The number of aromatic nitrogens is 2. The molecule has 4 rings (SSSR count). The minimum atomic E-state index is 0.0131. The van der Waals surface area contributed by atoms with E-state index in [2.05, 4.69) is 20.9 Å². The van der Waals surface area contributed by atoms with Gasteiger partial charge in [-0.3, -0.25) is 14.3 Å². The lowest BCUT2D eigenvalue weighted by Crippen LogP contribution is -2.47. The summed E-state index contributed by atoms with van der Waals surface area (Å²) in [6.45, 7) is 4.10. The van der Waals surface area contributed by atoms with Crippen LogP contribution in [0.25, 0.3) is 10.9 Å². The number of hydrogen-bond acceptors (Lipinski definition) is 4. The number of anilines is 1. The molecule has 1 saturated heterocycles. The van der Waals surface area contributed by atoms with Crippen molar-refractivity contribution in [2.24, 2.45) is 0 Å². The topological polar surface area (TPSA) is 41.4 Å². The van der Waals surface area contributed by atoms with E-state index in [4.69, 9.17) is 11.6 Å². The van der Waals surface area contributed by atoms with Gasteiger partial charge in [-0.1, -0.05) is 35.9 Å². The van der Waals surface area contributed by atoms with Gasteiger partial charge in [0.25, 0.3) is 5.56 Å². The van der Waals surface area contributed by atoms with Gasteiger partial charge in [0, 0.05) is 26.2 Å². The first-order chi connectivity index (χ1) is 12.2. The van der Waals surface area contributed by atoms with Crippen LogP contribution in [0.4, 0.5) is 5.69 Å². The van der Waals surface area contributed by atoms with Crippen LogP contribution in [0.1, 0.15) is 0 Å². The molecule has 5 nitrogen and oxygen atoms in total. The summed E-state index contributed by atoms with van der Waals surface area (Å²) in [5.41, 5.74) is 1.83. The number of halogens is 1. The minimum Gasteiger partial charge on any atom is -0.368 e. The second-order valence-electron chi connectivity index (χ2n) is 6.23. The van der Waals surface area contributed by atoms with Gasteiger partial charge in [0.1, 0.15) is 0 Å². The average Bonchev–Trinajstić information content (AvgIpc) is 2.65. The normalized spacial score (nSPS) is 15.6. The minimum absolute atomic E-state index is 0.0131. The van der Waals surface area contributed by atoms with Crippen molar-refractivity contribution < 1.29 is 0 Å². The molecule has 2 heterocycles. The van der Waals surface area contributed by atoms with E-state index >= 15 is 0 Å². The van der Waals surface area contributed by atoms with Crippen LogP contribution in [0, 0.1) is 0 Å². The summed E-state index contributed by atoms with van der Waals surface area (Å²) in [6, 6.07) is 15.4. The molecule has 0 aliphatic carbocycles. The third kappa shape index (κ3) is 3.25. The fourth-order valence-electron chi connectivity index (χ4n) is 3.26. The van der Waals surface area contributed by atoms with E-state index in [1.807, 2.05) is 42.5 Å². The Hall–Kier alpha value is -2.37.